The van der Waals surface area contributed by atoms with Gasteiger partial charge >= 0.3 is 0 Å². The number of rotatable bonds is 6. The fourth-order valence-electron chi connectivity index (χ4n) is 1.38. The number of halogens is 2. The first-order valence-corrected chi connectivity index (χ1v) is 5.29. The molecule has 88 valence electrons. The van der Waals surface area contributed by atoms with Gasteiger partial charge in [-0.2, -0.15) is 0 Å². The van der Waals surface area contributed by atoms with Gasteiger partial charge in [-0.05, 0) is 30.3 Å². The molecule has 0 aromatic heterocycles. The van der Waals surface area contributed by atoms with Crippen molar-refractivity contribution in [3.05, 3.63) is 35.4 Å². The first-order valence-electron chi connectivity index (χ1n) is 5.29. The van der Waals surface area contributed by atoms with Crippen LogP contribution >= 0.6 is 0 Å². The van der Waals surface area contributed by atoms with Gasteiger partial charge in [-0.3, -0.25) is 4.79 Å². The van der Waals surface area contributed by atoms with Gasteiger partial charge in [0, 0.05) is 19.4 Å². The smallest absolute Gasteiger partial charge is 0.138 e. The average Bonchev–Trinajstić information content (AvgIpc) is 2.24. The third-order valence-corrected chi connectivity index (χ3v) is 2.23. The highest BCUT2D eigenvalue weighted by molar-refractivity contribution is 5.81. The summed E-state index contributed by atoms with van der Waals surface area (Å²) in [7, 11) is 0. The molecular formula is C12H15F2NO. The van der Waals surface area contributed by atoms with Crippen molar-refractivity contribution in [2.75, 3.05) is 13.1 Å². The topological polar surface area (TPSA) is 29.1 Å². The van der Waals surface area contributed by atoms with E-state index in [1.165, 1.54) is 0 Å². The number of ketones is 1. The SMILES string of the molecule is CCNCCC(=O)Cc1cc(F)ccc1F. The van der Waals surface area contributed by atoms with Crippen LogP contribution in [0.5, 0.6) is 0 Å². The zero-order chi connectivity index (χ0) is 12.0. The first kappa shape index (κ1) is 12.8. The highest BCUT2D eigenvalue weighted by Gasteiger charge is 2.08. The molecule has 0 spiro atoms. The Balaban J connectivity index is 2.52. The molecule has 0 aliphatic heterocycles. The Morgan fingerprint density at radius 1 is 1.38 bits per heavy atom. The fourth-order valence-corrected chi connectivity index (χ4v) is 1.38. The van der Waals surface area contributed by atoms with E-state index in [1.807, 2.05) is 6.92 Å². The normalized spacial score (nSPS) is 10.4. The van der Waals surface area contributed by atoms with E-state index >= 15 is 0 Å². The summed E-state index contributed by atoms with van der Waals surface area (Å²) < 4.78 is 26.0. The summed E-state index contributed by atoms with van der Waals surface area (Å²) in [5.41, 5.74) is 0.126. The number of carbonyl (C=O) groups is 1. The lowest BCUT2D eigenvalue weighted by atomic mass is 10.1. The summed E-state index contributed by atoms with van der Waals surface area (Å²) in [6, 6.07) is 3.16. The predicted octanol–water partition coefficient (Wildman–Crippen LogP) is 2.08. The van der Waals surface area contributed by atoms with Gasteiger partial charge in [-0.15, -0.1) is 0 Å². The maximum Gasteiger partial charge on any atom is 0.138 e. The molecule has 0 heterocycles. The molecule has 0 amide bonds. The van der Waals surface area contributed by atoms with Crippen LogP contribution in [0.3, 0.4) is 0 Å². The molecule has 1 aromatic rings. The molecule has 0 bridgehead atoms. The number of hydrogen-bond acceptors (Lipinski definition) is 2. The second-order valence-corrected chi connectivity index (χ2v) is 3.55. The van der Waals surface area contributed by atoms with Gasteiger partial charge in [-0.1, -0.05) is 6.92 Å². The Morgan fingerprint density at radius 3 is 2.81 bits per heavy atom. The van der Waals surface area contributed by atoms with E-state index in [0.29, 0.717) is 13.0 Å². The van der Waals surface area contributed by atoms with Crippen molar-refractivity contribution in [1.29, 1.82) is 0 Å². The highest BCUT2D eigenvalue weighted by atomic mass is 19.1. The minimum Gasteiger partial charge on any atom is -0.317 e. The largest absolute Gasteiger partial charge is 0.317 e. The van der Waals surface area contributed by atoms with Gasteiger partial charge in [-0.25, -0.2) is 8.78 Å². The number of Topliss-reactive ketones (excluding diaryl/α,β-unsaturated/α-hetero) is 1. The van der Waals surface area contributed by atoms with Gasteiger partial charge in [0.05, 0.1) is 0 Å². The van der Waals surface area contributed by atoms with Crippen LogP contribution in [-0.4, -0.2) is 18.9 Å². The van der Waals surface area contributed by atoms with Crippen LogP contribution in [0.4, 0.5) is 8.78 Å². The number of nitrogens with one attached hydrogen (secondary N) is 1. The van der Waals surface area contributed by atoms with Crippen molar-refractivity contribution in [3.63, 3.8) is 0 Å². The van der Waals surface area contributed by atoms with E-state index in [-0.39, 0.29) is 17.8 Å². The highest BCUT2D eigenvalue weighted by Crippen LogP contribution is 2.11. The van der Waals surface area contributed by atoms with Gasteiger partial charge in [0.25, 0.3) is 0 Å². The summed E-state index contributed by atoms with van der Waals surface area (Å²) in [6.45, 7) is 3.31. The van der Waals surface area contributed by atoms with Crippen molar-refractivity contribution in [2.45, 2.75) is 19.8 Å². The molecule has 0 radical (unpaired) electrons. The number of benzene rings is 1. The minimum atomic E-state index is -0.529. The Labute approximate surface area is 93.7 Å². The van der Waals surface area contributed by atoms with Gasteiger partial charge in [0.2, 0.25) is 0 Å². The molecule has 1 N–H and O–H groups in total. The summed E-state index contributed by atoms with van der Waals surface area (Å²) in [5.74, 6) is -1.14. The van der Waals surface area contributed by atoms with Crippen LogP contribution < -0.4 is 5.32 Å². The van der Waals surface area contributed by atoms with E-state index < -0.39 is 11.6 Å². The second kappa shape index (κ2) is 6.33. The van der Waals surface area contributed by atoms with Crippen LogP contribution in [0.1, 0.15) is 18.9 Å². The molecule has 4 heteroatoms. The van der Waals surface area contributed by atoms with Crippen LogP contribution in [0.15, 0.2) is 18.2 Å². The number of hydrogen-bond donors (Lipinski definition) is 1. The van der Waals surface area contributed by atoms with Crippen LogP contribution in [0, 0.1) is 11.6 Å². The lowest BCUT2D eigenvalue weighted by molar-refractivity contribution is -0.118. The van der Waals surface area contributed by atoms with Gasteiger partial charge in [0.15, 0.2) is 0 Å². The first-order chi connectivity index (χ1) is 7.63. The summed E-state index contributed by atoms with van der Waals surface area (Å²) >= 11 is 0. The van der Waals surface area contributed by atoms with Gasteiger partial charge in [0.1, 0.15) is 17.4 Å². The quantitative estimate of drug-likeness (QED) is 0.754. The standard InChI is InChI=1S/C12H15F2NO/c1-2-15-6-5-11(16)8-9-7-10(13)3-4-12(9)14/h3-4,7,15H,2,5-6,8H2,1H3. The fraction of sp³-hybridized carbons (Fsp3) is 0.417. The van der Waals surface area contributed by atoms with Crippen molar-refractivity contribution in [2.24, 2.45) is 0 Å². The molecule has 1 aromatic carbocycles. The van der Waals surface area contributed by atoms with E-state index in [9.17, 15) is 13.6 Å². The molecule has 2 nitrogen and oxygen atoms in total. The van der Waals surface area contributed by atoms with Gasteiger partial charge < -0.3 is 5.32 Å². The average molecular weight is 227 g/mol. The van der Waals surface area contributed by atoms with E-state index in [1.54, 1.807) is 0 Å². The maximum absolute atomic E-state index is 13.2. The van der Waals surface area contributed by atoms with E-state index in [0.717, 1.165) is 24.7 Å². The molecule has 1 rings (SSSR count). The molecule has 0 atom stereocenters. The monoisotopic (exact) mass is 227 g/mol. The zero-order valence-corrected chi connectivity index (χ0v) is 9.22. The van der Waals surface area contributed by atoms with Crippen LogP contribution in [0.2, 0.25) is 0 Å². The summed E-state index contributed by atoms with van der Waals surface area (Å²) in [6.07, 6.45) is 0.290. The van der Waals surface area contributed by atoms with Crippen molar-refractivity contribution < 1.29 is 13.6 Å². The van der Waals surface area contributed by atoms with Crippen LogP contribution in [0.25, 0.3) is 0 Å². The van der Waals surface area contributed by atoms with E-state index in [2.05, 4.69) is 5.32 Å². The molecule has 0 aliphatic carbocycles. The molecular weight excluding hydrogens is 212 g/mol. The van der Waals surface area contributed by atoms with Crippen molar-refractivity contribution in [3.8, 4) is 0 Å². The minimum absolute atomic E-state index is 0.0466. The Hall–Kier alpha value is -1.29. The summed E-state index contributed by atoms with van der Waals surface area (Å²) in [4.78, 5) is 11.4. The molecule has 0 saturated heterocycles. The van der Waals surface area contributed by atoms with E-state index in [4.69, 9.17) is 0 Å². The third kappa shape index (κ3) is 4.06. The maximum atomic E-state index is 13.2. The second-order valence-electron chi connectivity index (χ2n) is 3.55. The summed E-state index contributed by atoms with van der Waals surface area (Å²) in [5, 5.41) is 3.00. The predicted molar refractivity (Wildman–Crippen MR) is 58.2 cm³/mol. The van der Waals surface area contributed by atoms with Crippen molar-refractivity contribution in [1.82, 2.24) is 5.32 Å². The number of carbonyl (C=O) groups excluding carboxylic acids is 1. The molecule has 0 saturated carbocycles. The third-order valence-electron chi connectivity index (χ3n) is 2.23. The molecule has 0 aliphatic rings. The Bertz CT molecular complexity index is 366. The molecule has 0 fully saturated rings. The van der Waals surface area contributed by atoms with Crippen molar-refractivity contribution >= 4 is 5.78 Å². The lowest BCUT2D eigenvalue weighted by Gasteiger charge is -2.03. The lowest BCUT2D eigenvalue weighted by Crippen LogP contribution is -2.18. The Morgan fingerprint density at radius 2 is 2.12 bits per heavy atom. The molecule has 16 heavy (non-hydrogen) atoms. The molecule has 0 unspecified atom stereocenters. The zero-order valence-electron chi connectivity index (χ0n) is 9.22. The Kier molecular flexibility index (Phi) is 5.05. The van der Waals surface area contributed by atoms with Crippen LogP contribution in [-0.2, 0) is 11.2 Å².